The lowest BCUT2D eigenvalue weighted by Crippen LogP contribution is -2.37. The third-order valence-corrected chi connectivity index (χ3v) is 5.16. The van der Waals surface area contributed by atoms with Crippen molar-refractivity contribution in [2.75, 3.05) is 25.1 Å². The number of nitrogens with zero attached hydrogens (tertiary/aromatic N) is 2. The van der Waals surface area contributed by atoms with E-state index in [0.29, 0.717) is 30.4 Å². The highest BCUT2D eigenvalue weighted by atomic mass is 35.5. The van der Waals surface area contributed by atoms with Crippen LogP contribution in [-0.4, -0.2) is 48.3 Å². The minimum atomic E-state index is -0.805. The van der Waals surface area contributed by atoms with Crippen molar-refractivity contribution in [3.63, 3.8) is 0 Å². The van der Waals surface area contributed by atoms with Gasteiger partial charge in [-0.15, -0.1) is 0 Å². The summed E-state index contributed by atoms with van der Waals surface area (Å²) in [6.07, 6.45) is 2.38. The molecular weight excluding hydrogens is 472 g/mol. The minimum Gasteiger partial charge on any atom is -0.508 e. The van der Waals surface area contributed by atoms with E-state index in [9.17, 15) is 19.4 Å². The lowest BCUT2D eigenvalue weighted by atomic mass is 10.0. The fourth-order valence-electron chi connectivity index (χ4n) is 2.97. The van der Waals surface area contributed by atoms with E-state index in [1.807, 2.05) is 0 Å². The number of rotatable bonds is 11. The topological polar surface area (TPSA) is 130 Å². The van der Waals surface area contributed by atoms with Crippen LogP contribution in [0.1, 0.15) is 23.7 Å². The summed E-state index contributed by atoms with van der Waals surface area (Å²) in [5.74, 6) is 0.123. The number of alkyl halides is 1. The van der Waals surface area contributed by atoms with Gasteiger partial charge in [-0.3, -0.25) is 5.32 Å². The molecule has 0 fully saturated rings. The van der Waals surface area contributed by atoms with E-state index in [1.54, 1.807) is 30.5 Å². The van der Waals surface area contributed by atoms with Gasteiger partial charge in [0.1, 0.15) is 24.8 Å². The Kier molecular flexibility index (Phi) is 10.7. The maximum Gasteiger partial charge on any atom is 0.204 e. The number of hydrogen-bond acceptors (Lipinski definition) is 6. The van der Waals surface area contributed by atoms with Crippen LogP contribution in [0.3, 0.4) is 0 Å². The van der Waals surface area contributed by atoms with Crippen LogP contribution in [0.5, 0.6) is 5.75 Å². The molecule has 5 N–H and O–H groups in total. The van der Waals surface area contributed by atoms with Gasteiger partial charge in [-0.2, -0.15) is 5.26 Å². The van der Waals surface area contributed by atoms with E-state index in [0.717, 1.165) is 5.56 Å². The molecule has 0 aliphatic heterocycles. The van der Waals surface area contributed by atoms with E-state index in [2.05, 4.69) is 20.9 Å². The number of halogens is 3. The first-order valence-corrected chi connectivity index (χ1v) is 10.8. The number of phenols is 1. The van der Waals surface area contributed by atoms with E-state index < -0.39 is 18.8 Å². The SMILES string of the molecule is N#CNC(=NC[C@@H](C=O)Nc1c(Cl)cc(CCC(O)c2cccc(O)c2)cc1Cl)NCCF. The normalized spacial score (nSPS) is 13.0. The molecule has 2 aromatic carbocycles. The molecule has 2 aromatic rings. The molecule has 0 aliphatic carbocycles. The lowest BCUT2D eigenvalue weighted by Gasteiger charge is -2.17. The third kappa shape index (κ3) is 8.42. The molecule has 0 aliphatic rings. The zero-order valence-electron chi connectivity index (χ0n) is 17.6. The van der Waals surface area contributed by atoms with Crippen molar-refractivity contribution in [3.8, 4) is 11.9 Å². The van der Waals surface area contributed by atoms with Crippen LogP contribution in [0.2, 0.25) is 10.0 Å². The van der Waals surface area contributed by atoms with Crippen molar-refractivity contribution in [1.29, 1.82) is 5.26 Å². The van der Waals surface area contributed by atoms with Gasteiger partial charge in [0.15, 0.2) is 6.19 Å². The molecule has 0 amide bonds. The van der Waals surface area contributed by atoms with Gasteiger partial charge in [-0.05, 0) is 48.2 Å². The molecule has 176 valence electrons. The lowest BCUT2D eigenvalue weighted by molar-refractivity contribution is -0.108. The van der Waals surface area contributed by atoms with Crippen LogP contribution in [0, 0.1) is 11.5 Å². The molecule has 0 heterocycles. The second-order valence-corrected chi connectivity index (χ2v) is 7.83. The summed E-state index contributed by atoms with van der Waals surface area (Å²) in [7, 11) is 0. The Morgan fingerprint density at radius 3 is 2.61 bits per heavy atom. The Morgan fingerprint density at radius 2 is 2.00 bits per heavy atom. The number of aliphatic hydroxyl groups is 1. The van der Waals surface area contributed by atoms with Crippen LogP contribution in [0.25, 0.3) is 0 Å². The summed E-state index contributed by atoms with van der Waals surface area (Å²) in [5.41, 5.74) is 1.73. The number of nitrogens with one attached hydrogen (secondary N) is 3. The first-order valence-electron chi connectivity index (χ1n) is 10.0. The standard InChI is InChI=1S/C22H24Cl2FN5O3/c23-18-8-14(4-5-20(33)15-2-1-3-17(32)10-15)9-19(24)21(18)30-16(12-31)11-28-22(29-13-26)27-7-6-25/h1-3,8-10,12,16,20,30,32-33H,4-7,11H2,(H2,27,28,29)/t16-,20?/m0/s1. The smallest absolute Gasteiger partial charge is 0.204 e. The number of carbonyl (C=O) groups is 1. The van der Waals surface area contributed by atoms with Crippen molar-refractivity contribution in [2.24, 2.45) is 4.99 Å². The monoisotopic (exact) mass is 495 g/mol. The number of anilines is 1. The molecule has 1 unspecified atom stereocenters. The number of guanidine groups is 1. The Labute approximate surface area is 201 Å². The molecule has 2 atom stereocenters. The van der Waals surface area contributed by atoms with Gasteiger partial charge in [0.2, 0.25) is 5.96 Å². The first-order chi connectivity index (χ1) is 15.9. The summed E-state index contributed by atoms with van der Waals surface area (Å²) < 4.78 is 12.3. The molecule has 0 bridgehead atoms. The number of hydrogen-bond donors (Lipinski definition) is 5. The van der Waals surface area contributed by atoms with Crippen LogP contribution in [0.15, 0.2) is 41.4 Å². The Hall–Kier alpha value is -3.06. The second kappa shape index (κ2) is 13.5. The predicted octanol–water partition coefficient (Wildman–Crippen LogP) is 3.33. The highest BCUT2D eigenvalue weighted by molar-refractivity contribution is 6.39. The van der Waals surface area contributed by atoms with Gasteiger partial charge in [-0.25, -0.2) is 9.38 Å². The first kappa shape index (κ1) is 26.2. The quantitative estimate of drug-likeness (QED) is 0.106. The van der Waals surface area contributed by atoms with E-state index >= 15 is 0 Å². The van der Waals surface area contributed by atoms with Crippen molar-refractivity contribution in [3.05, 3.63) is 57.6 Å². The van der Waals surface area contributed by atoms with E-state index in [4.69, 9.17) is 28.5 Å². The Morgan fingerprint density at radius 1 is 1.27 bits per heavy atom. The van der Waals surface area contributed by atoms with E-state index in [1.165, 1.54) is 12.1 Å². The molecule has 0 saturated heterocycles. The number of carbonyl (C=O) groups excluding carboxylic acids is 1. The number of phenolic OH excluding ortho intramolecular Hbond substituents is 1. The van der Waals surface area contributed by atoms with Crippen LogP contribution in [-0.2, 0) is 11.2 Å². The van der Waals surface area contributed by atoms with Crippen LogP contribution >= 0.6 is 23.2 Å². The minimum absolute atomic E-state index is 0.0358. The molecule has 0 aromatic heterocycles. The summed E-state index contributed by atoms with van der Waals surface area (Å²) in [5, 5.41) is 37.0. The average Bonchev–Trinajstić information content (AvgIpc) is 2.79. The largest absolute Gasteiger partial charge is 0.508 e. The van der Waals surface area contributed by atoms with E-state index in [-0.39, 0.29) is 34.8 Å². The molecule has 0 spiro atoms. The van der Waals surface area contributed by atoms with Crippen LogP contribution < -0.4 is 16.0 Å². The van der Waals surface area contributed by atoms with Gasteiger partial charge < -0.3 is 25.6 Å². The summed E-state index contributed by atoms with van der Waals surface area (Å²) >= 11 is 12.7. The number of nitriles is 1. The summed E-state index contributed by atoms with van der Waals surface area (Å²) in [6.45, 7) is -0.743. The van der Waals surface area contributed by atoms with Crippen molar-refractivity contribution in [2.45, 2.75) is 25.0 Å². The number of aldehydes is 1. The fraction of sp³-hybridized carbons (Fsp3) is 0.318. The third-order valence-electron chi connectivity index (χ3n) is 4.56. The van der Waals surface area contributed by atoms with Crippen molar-refractivity contribution >= 4 is 41.1 Å². The number of aliphatic hydroxyl groups excluding tert-OH is 1. The van der Waals surface area contributed by atoms with Gasteiger partial charge in [-0.1, -0.05) is 35.3 Å². The highest BCUT2D eigenvalue weighted by Gasteiger charge is 2.15. The van der Waals surface area contributed by atoms with Gasteiger partial charge >= 0.3 is 0 Å². The van der Waals surface area contributed by atoms with Crippen molar-refractivity contribution in [1.82, 2.24) is 10.6 Å². The molecule has 2 rings (SSSR count). The molecule has 33 heavy (non-hydrogen) atoms. The predicted molar refractivity (Wildman–Crippen MR) is 126 cm³/mol. The highest BCUT2D eigenvalue weighted by Crippen LogP contribution is 2.33. The number of aliphatic imine (C=N–C) groups is 1. The van der Waals surface area contributed by atoms with Gasteiger partial charge in [0, 0.05) is 6.54 Å². The van der Waals surface area contributed by atoms with Crippen molar-refractivity contribution < 1.29 is 19.4 Å². The Balaban J connectivity index is 2.04. The fourth-order valence-corrected chi connectivity index (χ4v) is 3.61. The summed E-state index contributed by atoms with van der Waals surface area (Å²) in [6, 6.07) is 8.98. The average molecular weight is 496 g/mol. The number of aryl methyl sites for hydroxylation is 1. The molecule has 0 radical (unpaired) electrons. The Bertz CT molecular complexity index is 993. The molecule has 11 heteroatoms. The number of benzene rings is 2. The zero-order valence-corrected chi connectivity index (χ0v) is 19.1. The number of aromatic hydroxyl groups is 1. The van der Waals surface area contributed by atoms with Gasteiger partial charge in [0.25, 0.3) is 0 Å². The molecule has 8 nitrogen and oxygen atoms in total. The molecular formula is C22H24Cl2FN5O3. The molecule has 0 saturated carbocycles. The maximum absolute atomic E-state index is 12.3. The summed E-state index contributed by atoms with van der Waals surface area (Å²) in [4.78, 5) is 15.5. The zero-order chi connectivity index (χ0) is 24.2. The van der Waals surface area contributed by atoms with Gasteiger partial charge in [0.05, 0.1) is 28.4 Å². The second-order valence-electron chi connectivity index (χ2n) is 7.01. The maximum atomic E-state index is 12.3. The van der Waals surface area contributed by atoms with Crippen LogP contribution in [0.4, 0.5) is 10.1 Å².